The van der Waals surface area contributed by atoms with Crippen LogP contribution in [0.1, 0.15) is 24.8 Å². The Labute approximate surface area is 121 Å². The van der Waals surface area contributed by atoms with E-state index in [1.54, 1.807) is 0 Å². The molecule has 0 spiro atoms. The van der Waals surface area contributed by atoms with Gasteiger partial charge < -0.3 is 15.1 Å². The summed E-state index contributed by atoms with van der Waals surface area (Å²) in [4.78, 5) is 0. The Kier molecular flexibility index (Phi) is 5.62. The van der Waals surface area contributed by atoms with Gasteiger partial charge in [-0.05, 0) is 37.1 Å². The topological polar surface area (TPSA) is 63.0 Å². The van der Waals surface area contributed by atoms with Gasteiger partial charge in [0.05, 0.1) is 6.54 Å². The molecule has 0 aliphatic carbocycles. The van der Waals surface area contributed by atoms with Crippen LogP contribution in [0.15, 0.2) is 22.6 Å². The van der Waals surface area contributed by atoms with Crippen molar-refractivity contribution in [3.8, 4) is 0 Å². The second-order valence-corrected chi connectivity index (χ2v) is 4.63. The van der Waals surface area contributed by atoms with Crippen molar-refractivity contribution in [3.63, 3.8) is 0 Å². The van der Waals surface area contributed by atoms with Gasteiger partial charge >= 0.3 is 6.01 Å². The zero-order valence-corrected chi connectivity index (χ0v) is 11.8. The lowest BCUT2D eigenvalue weighted by Gasteiger charge is -2.03. The molecule has 0 fully saturated rings. The molecule has 0 bridgehead atoms. The summed E-state index contributed by atoms with van der Waals surface area (Å²) in [5.41, 5.74) is 0.573. The lowest BCUT2D eigenvalue weighted by molar-refractivity contribution is 0.477. The molecule has 1 aromatic carbocycles. The third kappa shape index (κ3) is 5.11. The summed E-state index contributed by atoms with van der Waals surface area (Å²) in [6.45, 7) is 3.93. The second-order valence-electron chi connectivity index (χ2n) is 4.63. The summed E-state index contributed by atoms with van der Waals surface area (Å²) in [6.07, 6.45) is 1.49. The minimum Gasteiger partial charge on any atom is -0.407 e. The van der Waals surface area contributed by atoms with Crippen LogP contribution in [-0.4, -0.2) is 23.3 Å². The number of aromatic nitrogens is 2. The quantitative estimate of drug-likeness (QED) is 0.733. The molecule has 0 radical (unpaired) electrons. The normalized spacial score (nSPS) is 10.8. The minimum absolute atomic E-state index is 0.306. The van der Waals surface area contributed by atoms with Crippen LogP contribution in [0.4, 0.5) is 14.8 Å². The fourth-order valence-electron chi connectivity index (χ4n) is 1.84. The van der Waals surface area contributed by atoms with Gasteiger partial charge in [-0.15, -0.1) is 5.10 Å². The van der Waals surface area contributed by atoms with Gasteiger partial charge in [-0.1, -0.05) is 12.0 Å². The summed E-state index contributed by atoms with van der Waals surface area (Å²) in [5, 5.41) is 13.8. The molecule has 0 aliphatic rings. The summed E-state index contributed by atoms with van der Waals surface area (Å²) >= 11 is 0. The lowest BCUT2D eigenvalue weighted by atomic mass is 10.1. The molecule has 7 heteroatoms. The van der Waals surface area contributed by atoms with Crippen molar-refractivity contribution in [2.75, 3.05) is 18.4 Å². The third-order valence-electron chi connectivity index (χ3n) is 2.78. The molecular weight excluding hydrogens is 278 g/mol. The first-order valence-corrected chi connectivity index (χ1v) is 6.89. The molecule has 0 unspecified atom stereocenters. The van der Waals surface area contributed by atoms with Gasteiger partial charge in [-0.2, -0.15) is 0 Å². The van der Waals surface area contributed by atoms with Gasteiger partial charge in [0, 0.05) is 12.6 Å². The van der Waals surface area contributed by atoms with E-state index in [9.17, 15) is 8.78 Å². The van der Waals surface area contributed by atoms with Crippen LogP contribution in [0.25, 0.3) is 0 Å². The number of halogens is 2. The van der Waals surface area contributed by atoms with Gasteiger partial charge in [0.2, 0.25) is 5.89 Å². The SMILES string of the molecule is CCCNCc1nnc(NCCc2cc(F)cc(F)c2)o1. The zero-order chi connectivity index (χ0) is 15.1. The van der Waals surface area contributed by atoms with Gasteiger partial charge in [0.15, 0.2) is 0 Å². The smallest absolute Gasteiger partial charge is 0.315 e. The van der Waals surface area contributed by atoms with Crippen LogP contribution < -0.4 is 10.6 Å². The molecule has 5 nitrogen and oxygen atoms in total. The van der Waals surface area contributed by atoms with Crippen molar-refractivity contribution in [3.05, 3.63) is 41.3 Å². The average molecular weight is 296 g/mol. The first kappa shape index (κ1) is 15.4. The Bertz CT molecular complexity index is 554. The van der Waals surface area contributed by atoms with E-state index >= 15 is 0 Å². The molecule has 1 heterocycles. The predicted octanol–water partition coefficient (Wildman–Crippen LogP) is 2.50. The Balaban J connectivity index is 1.78. The van der Waals surface area contributed by atoms with E-state index in [1.807, 2.05) is 0 Å². The van der Waals surface area contributed by atoms with Crippen molar-refractivity contribution in [2.45, 2.75) is 26.3 Å². The first-order valence-electron chi connectivity index (χ1n) is 6.89. The maximum atomic E-state index is 13.0. The first-order chi connectivity index (χ1) is 10.2. The van der Waals surface area contributed by atoms with Crippen molar-refractivity contribution in [2.24, 2.45) is 0 Å². The molecule has 21 heavy (non-hydrogen) atoms. The van der Waals surface area contributed by atoms with Crippen molar-refractivity contribution < 1.29 is 13.2 Å². The molecule has 114 valence electrons. The highest BCUT2D eigenvalue weighted by Gasteiger charge is 2.05. The Morgan fingerprint density at radius 1 is 1.10 bits per heavy atom. The van der Waals surface area contributed by atoms with Gasteiger partial charge in [0.25, 0.3) is 0 Å². The number of nitrogens with one attached hydrogen (secondary N) is 2. The van der Waals surface area contributed by atoms with Gasteiger partial charge in [0.1, 0.15) is 11.6 Å². The highest BCUT2D eigenvalue weighted by Crippen LogP contribution is 2.10. The van der Waals surface area contributed by atoms with E-state index in [0.717, 1.165) is 19.0 Å². The fraction of sp³-hybridized carbons (Fsp3) is 0.429. The molecule has 0 amide bonds. The number of anilines is 1. The molecule has 0 aliphatic heterocycles. The molecule has 0 saturated heterocycles. The molecular formula is C14H18F2N4O. The standard InChI is InChI=1S/C14H18F2N4O/c1-2-4-17-9-13-19-20-14(21-13)18-5-3-10-6-11(15)8-12(16)7-10/h6-8,17H,2-5,9H2,1H3,(H,18,20). The molecule has 0 atom stereocenters. The Morgan fingerprint density at radius 2 is 1.86 bits per heavy atom. The van der Waals surface area contributed by atoms with E-state index in [-0.39, 0.29) is 0 Å². The highest BCUT2D eigenvalue weighted by atomic mass is 19.1. The zero-order valence-electron chi connectivity index (χ0n) is 11.8. The number of rotatable bonds is 8. The number of benzene rings is 1. The highest BCUT2D eigenvalue weighted by molar-refractivity contribution is 5.21. The van der Waals surface area contributed by atoms with Crippen LogP contribution in [0, 0.1) is 11.6 Å². The molecule has 0 saturated carbocycles. The van der Waals surface area contributed by atoms with Crippen LogP contribution in [0.5, 0.6) is 0 Å². The number of hydrogen-bond donors (Lipinski definition) is 2. The summed E-state index contributed by atoms with van der Waals surface area (Å²) in [5.74, 6) is -0.651. The number of nitrogens with zero attached hydrogens (tertiary/aromatic N) is 2. The maximum Gasteiger partial charge on any atom is 0.315 e. The lowest BCUT2D eigenvalue weighted by Crippen LogP contribution is -2.13. The number of hydrogen-bond acceptors (Lipinski definition) is 5. The van der Waals surface area contributed by atoms with Crippen molar-refractivity contribution in [1.29, 1.82) is 0 Å². The predicted molar refractivity (Wildman–Crippen MR) is 74.8 cm³/mol. The van der Waals surface area contributed by atoms with E-state index in [1.165, 1.54) is 12.1 Å². The maximum absolute atomic E-state index is 13.0. The van der Waals surface area contributed by atoms with Crippen molar-refractivity contribution in [1.82, 2.24) is 15.5 Å². The molecule has 2 aromatic rings. The molecule has 2 N–H and O–H groups in total. The summed E-state index contributed by atoms with van der Waals surface area (Å²) in [7, 11) is 0. The van der Waals surface area contributed by atoms with E-state index in [0.29, 0.717) is 37.0 Å². The van der Waals surface area contributed by atoms with Crippen LogP contribution >= 0.6 is 0 Å². The van der Waals surface area contributed by atoms with Gasteiger partial charge in [-0.3, -0.25) is 0 Å². The van der Waals surface area contributed by atoms with Crippen LogP contribution in [-0.2, 0) is 13.0 Å². The fourth-order valence-corrected chi connectivity index (χ4v) is 1.84. The summed E-state index contributed by atoms with van der Waals surface area (Å²) in [6, 6.07) is 3.77. The van der Waals surface area contributed by atoms with Gasteiger partial charge in [-0.25, -0.2) is 8.78 Å². The largest absolute Gasteiger partial charge is 0.407 e. The Hall–Kier alpha value is -2.02. The minimum atomic E-state index is -0.577. The molecule has 1 aromatic heterocycles. The van der Waals surface area contributed by atoms with E-state index in [2.05, 4.69) is 27.8 Å². The monoisotopic (exact) mass is 296 g/mol. The van der Waals surface area contributed by atoms with Crippen LogP contribution in [0.3, 0.4) is 0 Å². The van der Waals surface area contributed by atoms with E-state index < -0.39 is 11.6 Å². The van der Waals surface area contributed by atoms with Crippen LogP contribution in [0.2, 0.25) is 0 Å². The van der Waals surface area contributed by atoms with E-state index in [4.69, 9.17) is 4.42 Å². The Morgan fingerprint density at radius 3 is 2.57 bits per heavy atom. The van der Waals surface area contributed by atoms with Crippen molar-refractivity contribution >= 4 is 6.01 Å². The summed E-state index contributed by atoms with van der Waals surface area (Å²) < 4.78 is 31.4. The third-order valence-corrected chi connectivity index (χ3v) is 2.78. The average Bonchev–Trinajstić information content (AvgIpc) is 2.86. The molecule has 2 rings (SSSR count). The second kappa shape index (κ2) is 7.68.